The van der Waals surface area contributed by atoms with Crippen molar-refractivity contribution in [3.8, 4) is 0 Å². The number of piperidine rings is 1. The van der Waals surface area contributed by atoms with Crippen molar-refractivity contribution in [1.82, 2.24) is 25.4 Å². The molecule has 1 aliphatic heterocycles. The summed E-state index contributed by atoms with van der Waals surface area (Å²) in [5.74, 6) is 0.0438. The van der Waals surface area contributed by atoms with Gasteiger partial charge in [0.2, 0.25) is 5.91 Å². The van der Waals surface area contributed by atoms with Gasteiger partial charge in [-0.2, -0.15) is 5.10 Å². The van der Waals surface area contributed by atoms with Crippen molar-refractivity contribution in [2.24, 2.45) is 0 Å². The van der Waals surface area contributed by atoms with Crippen molar-refractivity contribution in [1.29, 1.82) is 0 Å². The highest BCUT2D eigenvalue weighted by molar-refractivity contribution is 5.89. The number of hydrogen-bond donors (Lipinski definition) is 3. The van der Waals surface area contributed by atoms with Gasteiger partial charge in [0, 0.05) is 30.0 Å². The van der Waals surface area contributed by atoms with E-state index in [9.17, 15) is 4.79 Å². The molecule has 0 atom stereocenters. The van der Waals surface area contributed by atoms with Crippen LogP contribution in [0.4, 0.5) is 0 Å². The van der Waals surface area contributed by atoms with Gasteiger partial charge in [0.15, 0.2) is 0 Å². The third-order valence-corrected chi connectivity index (χ3v) is 5.88. The molecule has 0 unspecified atom stereocenters. The van der Waals surface area contributed by atoms with Gasteiger partial charge in [-0.05, 0) is 70.0 Å². The van der Waals surface area contributed by atoms with E-state index in [1.54, 1.807) is 6.20 Å². The van der Waals surface area contributed by atoms with Crippen LogP contribution in [-0.2, 0) is 16.9 Å². The number of rotatable bonds is 4. The highest BCUT2D eigenvalue weighted by Gasteiger charge is 2.41. The number of aromatic amines is 1. The van der Waals surface area contributed by atoms with Crippen LogP contribution in [0.1, 0.15) is 35.2 Å². The zero-order valence-electron chi connectivity index (χ0n) is 16.2. The largest absolute Gasteiger partial charge is 0.358 e. The zero-order chi connectivity index (χ0) is 19.0. The molecular weight excluding hydrogens is 338 g/mol. The van der Waals surface area contributed by atoms with Gasteiger partial charge in [0.25, 0.3) is 0 Å². The molecule has 6 nitrogen and oxygen atoms in total. The summed E-state index contributed by atoms with van der Waals surface area (Å²) in [6.07, 6.45) is 5.12. The first-order chi connectivity index (χ1) is 13.0. The Morgan fingerprint density at radius 1 is 1.26 bits per heavy atom. The SMILES string of the molecule is Cc1cc(CNC(=O)C2(n3cccn3)CCNCC2)c2[nH]c(C)c(C)c2c1. The Kier molecular flexibility index (Phi) is 4.52. The fourth-order valence-corrected chi connectivity index (χ4v) is 4.19. The molecule has 4 rings (SSSR count). The summed E-state index contributed by atoms with van der Waals surface area (Å²) in [5.41, 5.74) is 5.28. The van der Waals surface area contributed by atoms with Gasteiger partial charge in [-0.1, -0.05) is 11.6 Å². The third kappa shape index (κ3) is 3.04. The Bertz CT molecular complexity index is 964. The summed E-state index contributed by atoms with van der Waals surface area (Å²) >= 11 is 0. The number of amides is 1. The lowest BCUT2D eigenvalue weighted by Gasteiger charge is -2.36. The highest BCUT2D eigenvalue weighted by Crippen LogP contribution is 2.29. The van der Waals surface area contributed by atoms with Crippen LogP contribution in [0.5, 0.6) is 0 Å². The predicted molar refractivity (Wildman–Crippen MR) is 107 cm³/mol. The molecule has 0 saturated carbocycles. The number of nitrogens with zero attached hydrogens (tertiary/aromatic N) is 2. The first-order valence-corrected chi connectivity index (χ1v) is 9.59. The summed E-state index contributed by atoms with van der Waals surface area (Å²) in [5, 5.41) is 12.2. The van der Waals surface area contributed by atoms with Crippen molar-refractivity contribution in [2.45, 2.75) is 45.7 Å². The number of carbonyl (C=O) groups excluding carboxylic acids is 1. The van der Waals surface area contributed by atoms with Crippen LogP contribution in [0, 0.1) is 20.8 Å². The van der Waals surface area contributed by atoms with E-state index in [1.807, 2.05) is 16.9 Å². The molecule has 0 radical (unpaired) electrons. The number of aryl methyl sites for hydroxylation is 3. The molecular formula is C21H27N5O. The van der Waals surface area contributed by atoms with Gasteiger partial charge >= 0.3 is 0 Å². The Labute approximate surface area is 159 Å². The molecule has 0 aliphatic carbocycles. The Morgan fingerprint density at radius 3 is 2.74 bits per heavy atom. The first-order valence-electron chi connectivity index (χ1n) is 9.59. The van der Waals surface area contributed by atoms with Crippen LogP contribution in [0.2, 0.25) is 0 Å². The van der Waals surface area contributed by atoms with Gasteiger partial charge in [0.1, 0.15) is 5.54 Å². The van der Waals surface area contributed by atoms with Crippen LogP contribution in [0.25, 0.3) is 10.9 Å². The minimum atomic E-state index is -0.612. The standard InChI is InChI=1S/C21H27N5O/c1-14-11-17(19-18(12-14)15(2)16(3)25-19)13-23-20(27)21(5-8-22-9-6-21)26-10-4-7-24-26/h4,7,10-12,22,25H,5-6,8-9,13H2,1-3H3,(H,23,27). The molecule has 0 bridgehead atoms. The molecule has 3 aromatic rings. The predicted octanol–water partition coefficient (Wildman–Crippen LogP) is 2.68. The van der Waals surface area contributed by atoms with E-state index < -0.39 is 5.54 Å². The smallest absolute Gasteiger partial charge is 0.248 e. The second-order valence-electron chi connectivity index (χ2n) is 7.64. The van der Waals surface area contributed by atoms with Crippen molar-refractivity contribution in [3.05, 3.63) is 53.0 Å². The Balaban J connectivity index is 1.62. The van der Waals surface area contributed by atoms with Gasteiger partial charge in [-0.3, -0.25) is 9.48 Å². The molecule has 1 fully saturated rings. The molecule has 1 amide bonds. The fourth-order valence-electron chi connectivity index (χ4n) is 4.19. The summed E-state index contributed by atoms with van der Waals surface area (Å²) in [6.45, 7) is 8.47. The second-order valence-corrected chi connectivity index (χ2v) is 7.64. The topological polar surface area (TPSA) is 74.7 Å². The Morgan fingerprint density at radius 2 is 2.04 bits per heavy atom. The minimum absolute atomic E-state index is 0.0438. The van der Waals surface area contributed by atoms with Crippen molar-refractivity contribution in [3.63, 3.8) is 0 Å². The van der Waals surface area contributed by atoms with Crippen molar-refractivity contribution >= 4 is 16.8 Å². The van der Waals surface area contributed by atoms with E-state index in [1.165, 1.54) is 22.2 Å². The minimum Gasteiger partial charge on any atom is -0.358 e. The molecule has 1 aliphatic rings. The number of hydrogen-bond acceptors (Lipinski definition) is 3. The number of benzene rings is 1. The maximum Gasteiger partial charge on any atom is 0.248 e. The Hall–Kier alpha value is -2.60. The lowest BCUT2D eigenvalue weighted by atomic mass is 9.87. The summed E-state index contributed by atoms with van der Waals surface area (Å²) in [6, 6.07) is 6.24. The number of aromatic nitrogens is 3. The fraction of sp³-hybridized carbons (Fsp3) is 0.429. The van der Waals surface area contributed by atoms with E-state index in [-0.39, 0.29) is 5.91 Å². The van der Waals surface area contributed by atoms with E-state index in [2.05, 4.69) is 53.6 Å². The van der Waals surface area contributed by atoms with Crippen molar-refractivity contribution in [2.75, 3.05) is 13.1 Å². The average molecular weight is 365 g/mol. The first kappa shape index (κ1) is 17.8. The van der Waals surface area contributed by atoms with E-state index in [0.29, 0.717) is 6.54 Å². The summed E-state index contributed by atoms with van der Waals surface area (Å²) < 4.78 is 1.83. The van der Waals surface area contributed by atoms with Crippen LogP contribution < -0.4 is 10.6 Å². The van der Waals surface area contributed by atoms with Gasteiger partial charge in [0.05, 0.1) is 5.52 Å². The molecule has 27 heavy (non-hydrogen) atoms. The molecule has 1 aromatic carbocycles. The normalized spacial score (nSPS) is 16.6. The van der Waals surface area contributed by atoms with Gasteiger partial charge in [-0.15, -0.1) is 0 Å². The molecule has 3 heterocycles. The molecule has 6 heteroatoms. The third-order valence-electron chi connectivity index (χ3n) is 5.88. The molecule has 3 N–H and O–H groups in total. The number of nitrogens with one attached hydrogen (secondary N) is 3. The highest BCUT2D eigenvalue weighted by atomic mass is 16.2. The molecule has 1 saturated heterocycles. The second kappa shape index (κ2) is 6.85. The van der Waals surface area contributed by atoms with Gasteiger partial charge in [-0.25, -0.2) is 0 Å². The van der Waals surface area contributed by atoms with E-state index >= 15 is 0 Å². The van der Waals surface area contributed by atoms with Crippen LogP contribution in [0.3, 0.4) is 0 Å². The quantitative estimate of drug-likeness (QED) is 0.665. The zero-order valence-corrected chi connectivity index (χ0v) is 16.2. The molecule has 142 valence electrons. The van der Waals surface area contributed by atoms with Crippen molar-refractivity contribution < 1.29 is 4.79 Å². The summed E-state index contributed by atoms with van der Waals surface area (Å²) in [7, 11) is 0. The van der Waals surface area contributed by atoms with Crippen LogP contribution in [0.15, 0.2) is 30.6 Å². The van der Waals surface area contributed by atoms with Crippen LogP contribution in [-0.4, -0.2) is 33.8 Å². The molecule has 2 aromatic heterocycles. The maximum absolute atomic E-state index is 13.3. The van der Waals surface area contributed by atoms with Crippen LogP contribution >= 0.6 is 0 Å². The monoisotopic (exact) mass is 365 g/mol. The average Bonchev–Trinajstić information content (AvgIpc) is 3.30. The number of carbonyl (C=O) groups is 1. The molecule has 0 spiro atoms. The summed E-state index contributed by atoms with van der Waals surface area (Å²) in [4.78, 5) is 16.8. The lowest BCUT2D eigenvalue weighted by Crippen LogP contribution is -2.54. The van der Waals surface area contributed by atoms with E-state index in [4.69, 9.17) is 0 Å². The lowest BCUT2D eigenvalue weighted by molar-refractivity contribution is -0.132. The van der Waals surface area contributed by atoms with E-state index in [0.717, 1.165) is 37.0 Å². The maximum atomic E-state index is 13.3. The number of fused-ring (bicyclic) bond motifs is 1. The van der Waals surface area contributed by atoms with Gasteiger partial charge < -0.3 is 15.6 Å². The number of H-pyrrole nitrogens is 1.